The zero-order chi connectivity index (χ0) is 27.6. The van der Waals surface area contributed by atoms with E-state index >= 15 is 0 Å². The second-order valence-corrected chi connectivity index (χ2v) is 9.18. The van der Waals surface area contributed by atoms with Crippen LogP contribution in [0.3, 0.4) is 0 Å². The lowest BCUT2D eigenvalue weighted by Crippen LogP contribution is -2.53. The molecule has 206 valence electrons. The molecule has 2 amide bonds. The Labute approximate surface area is 225 Å². The van der Waals surface area contributed by atoms with Gasteiger partial charge >= 0.3 is 23.8 Å². The van der Waals surface area contributed by atoms with Gasteiger partial charge in [0.25, 0.3) is 0 Å². The van der Waals surface area contributed by atoms with Crippen LogP contribution in [0.15, 0.2) is 60.7 Å². The molecular formula is C30H40N2O6. The van der Waals surface area contributed by atoms with Crippen LogP contribution in [0.1, 0.15) is 63.5 Å². The van der Waals surface area contributed by atoms with Crippen molar-refractivity contribution in [3.05, 3.63) is 71.8 Å². The molecule has 0 aliphatic rings. The van der Waals surface area contributed by atoms with Crippen LogP contribution in [0.25, 0.3) is 0 Å². The molecule has 2 aromatic rings. The molecule has 0 aliphatic carbocycles. The molecule has 0 fully saturated rings. The van der Waals surface area contributed by atoms with E-state index in [-0.39, 0.29) is 26.1 Å². The van der Waals surface area contributed by atoms with Crippen molar-refractivity contribution in [3.8, 4) is 0 Å². The molecule has 2 rings (SSSR count). The first-order valence-electron chi connectivity index (χ1n) is 13.5. The Morgan fingerprint density at radius 2 is 0.974 bits per heavy atom. The zero-order valence-electron chi connectivity index (χ0n) is 22.4. The molecule has 0 heterocycles. The first kappa shape index (κ1) is 30.5. The van der Waals surface area contributed by atoms with Gasteiger partial charge in [0.2, 0.25) is 0 Å². The van der Waals surface area contributed by atoms with E-state index in [2.05, 4.69) is 10.6 Å². The first-order valence-corrected chi connectivity index (χ1v) is 13.5. The maximum Gasteiger partial charge on any atom is 0.328 e. The summed E-state index contributed by atoms with van der Waals surface area (Å²) in [6, 6.07) is 16.2. The summed E-state index contributed by atoms with van der Waals surface area (Å²) in [6.07, 6.45) is 5.57. The number of ether oxygens (including phenoxy) is 2. The fourth-order valence-corrected chi connectivity index (χ4v) is 3.78. The number of unbranched alkanes of at least 4 members (excludes halogenated alkanes) is 4. The largest absolute Gasteiger partial charge is 0.464 e. The lowest BCUT2D eigenvalue weighted by Gasteiger charge is -2.20. The van der Waals surface area contributed by atoms with E-state index in [4.69, 9.17) is 9.47 Å². The van der Waals surface area contributed by atoms with E-state index in [0.29, 0.717) is 0 Å². The number of nitrogens with one attached hydrogen (secondary N) is 2. The monoisotopic (exact) mass is 524 g/mol. The van der Waals surface area contributed by atoms with E-state index < -0.39 is 35.8 Å². The zero-order valence-corrected chi connectivity index (χ0v) is 22.4. The van der Waals surface area contributed by atoms with Crippen LogP contribution in [-0.2, 0) is 41.5 Å². The van der Waals surface area contributed by atoms with Gasteiger partial charge in [0, 0.05) is 12.8 Å². The van der Waals surface area contributed by atoms with E-state index in [1.807, 2.05) is 74.5 Å². The van der Waals surface area contributed by atoms with Crippen LogP contribution >= 0.6 is 0 Å². The Morgan fingerprint density at radius 1 is 0.605 bits per heavy atom. The average molecular weight is 525 g/mol. The quantitative estimate of drug-likeness (QED) is 0.196. The smallest absolute Gasteiger partial charge is 0.328 e. The summed E-state index contributed by atoms with van der Waals surface area (Å²) >= 11 is 0. The van der Waals surface area contributed by atoms with Gasteiger partial charge in [-0.05, 0) is 24.0 Å². The third-order valence-electron chi connectivity index (χ3n) is 5.94. The van der Waals surface area contributed by atoms with Gasteiger partial charge in [-0.2, -0.15) is 0 Å². The average Bonchev–Trinajstić information content (AvgIpc) is 2.93. The standard InChI is InChI=1S/C30H40N2O6/c1-3-5-13-19-37-29(35)25(21-23-15-9-7-10-16-23)31-27(33)28(34)32-26(22-24-17-11-8-12-18-24)30(36)38-20-14-6-4-2/h7-12,15-18,25-26H,3-6,13-14,19-22H2,1-2H3,(H,31,33)(H,32,34)/t25-,26-/m0/s1. The van der Waals surface area contributed by atoms with Crippen LogP contribution in [0.2, 0.25) is 0 Å². The van der Waals surface area contributed by atoms with Gasteiger partial charge in [0.15, 0.2) is 0 Å². The molecule has 8 heteroatoms. The third kappa shape index (κ3) is 11.6. The highest BCUT2D eigenvalue weighted by molar-refractivity contribution is 6.35. The van der Waals surface area contributed by atoms with Gasteiger partial charge in [-0.15, -0.1) is 0 Å². The van der Waals surface area contributed by atoms with Gasteiger partial charge in [0.1, 0.15) is 12.1 Å². The predicted octanol–water partition coefficient (Wildman–Crippen LogP) is 3.91. The highest BCUT2D eigenvalue weighted by Gasteiger charge is 2.29. The number of hydrogen-bond donors (Lipinski definition) is 2. The summed E-state index contributed by atoms with van der Waals surface area (Å²) < 4.78 is 10.7. The van der Waals surface area contributed by atoms with Crippen LogP contribution < -0.4 is 10.6 Å². The van der Waals surface area contributed by atoms with Crippen molar-refractivity contribution in [3.63, 3.8) is 0 Å². The van der Waals surface area contributed by atoms with E-state index in [0.717, 1.165) is 49.7 Å². The molecule has 2 aromatic carbocycles. The van der Waals surface area contributed by atoms with Crippen molar-refractivity contribution in [2.24, 2.45) is 0 Å². The van der Waals surface area contributed by atoms with Crippen molar-refractivity contribution >= 4 is 23.8 Å². The molecule has 0 aliphatic heterocycles. The predicted molar refractivity (Wildman–Crippen MR) is 145 cm³/mol. The van der Waals surface area contributed by atoms with Crippen molar-refractivity contribution < 1.29 is 28.7 Å². The fraction of sp³-hybridized carbons (Fsp3) is 0.467. The topological polar surface area (TPSA) is 111 Å². The van der Waals surface area contributed by atoms with Crippen molar-refractivity contribution in [1.82, 2.24) is 10.6 Å². The summed E-state index contributed by atoms with van der Waals surface area (Å²) in [6.45, 7) is 4.57. The molecular weight excluding hydrogens is 484 g/mol. The molecule has 0 unspecified atom stereocenters. The molecule has 0 saturated carbocycles. The minimum Gasteiger partial charge on any atom is -0.464 e. The van der Waals surface area contributed by atoms with Crippen molar-refractivity contribution in [2.75, 3.05) is 13.2 Å². The number of hydrogen-bond acceptors (Lipinski definition) is 6. The van der Waals surface area contributed by atoms with Gasteiger partial charge < -0.3 is 20.1 Å². The summed E-state index contributed by atoms with van der Waals surface area (Å²) in [5.41, 5.74) is 1.61. The highest BCUT2D eigenvalue weighted by Crippen LogP contribution is 2.08. The van der Waals surface area contributed by atoms with Crippen molar-refractivity contribution in [2.45, 2.75) is 77.3 Å². The lowest BCUT2D eigenvalue weighted by atomic mass is 10.1. The molecule has 8 nitrogen and oxygen atoms in total. The van der Waals surface area contributed by atoms with Crippen LogP contribution in [0, 0.1) is 0 Å². The minimum atomic E-state index is -1.05. The van der Waals surface area contributed by atoms with Gasteiger partial charge in [-0.3, -0.25) is 9.59 Å². The normalized spacial score (nSPS) is 12.2. The van der Waals surface area contributed by atoms with Gasteiger partial charge in [0.05, 0.1) is 13.2 Å². The summed E-state index contributed by atoms with van der Waals surface area (Å²) in [5, 5.41) is 4.99. The number of rotatable bonds is 16. The Bertz CT molecular complexity index is 915. The number of esters is 2. The van der Waals surface area contributed by atoms with Crippen LogP contribution in [0.5, 0.6) is 0 Å². The van der Waals surface area contributed by atoms with Crippen LogP contribution in [-0.4, -0.2) is 49.1 Å². The van der Waals surface area contributed by atoms with Crippen LogP contribution in [0.4, 0.5) is 0 Å². The molecule has 0 spiro atoms. The lowest BCUT2D eigenvalue weighted by molar-refractivity contribution is -0.151. The Hall–Kier alpha value is -3.68. The fourth-order valence-electron chi connectivity index (χ4n) is 3.78. The molecule has 38 heavy (non-hydrogen) atoms. The second-order valence-electron chi connectivity index (χ2n) is 9.18. The third-order valence-corrected chi connectivity index (χ3v) is 5.94. The van der Waals surface area contributed by atoms with E-state index in [1.54, 1.807) is 0 Å². The van der Waals surface area contributed by atoms with Gasteiger partial charge in [-0.1, -0.05) is 100 Å². The minimum absolute atomic E-state index is 0.166. The maximum atomic E-state index is 12.9. The summed E-state index contributed by atoms with van der Waals surface area (Å²) in [4.78, 5) is 51.2. The molecule has 0 saturated heterocycles. The Morgan fingerprint density at radius 3 is 1.32 bits per heavy atom. The second kappa shape index (κ2) is 17.7. The van der Waals surface area contributed by atoms with E-state index in [9.17, 15) is 19.2 Å². The Kier molecular flexibility index (Phi) is 14.2. The summed E-state index contributed by atoms with van der Waals surface area (Å²) in [7, 11) is 0. The number of carbonyl (C=O) groups is 4. The number of benzene rings is 2. The molecule has 2 atom stereocenters. The number of carbonyl (C=O) groups excluding carboxylic acids is 4. The highest BCUT2D eigenvalue weighted by atomic mass is 16.5. The van der Waals surface area contributed by atoms with Gasteiger partial charge in [-0.25, -0.2) is 9.59 Å². The summed E-state index contributed by atoms with van der Waals surface area (Å²) in [5.74, 6) is -3.26. The SMILES string of the molecule is CCCCCOC(=O)[C@H](Cc1ccccc1)NC(=O)C(=O)N[C@@H](Cc1ccccc1)C(=O)OCCCCC. The van der Waals surface area contributed by atoms with E-state index in [1.165, 1.54) is 0 Å². The first-order chi connectivity index (χ1) is 18.4. The number of amides is 2. The molecule has 2 N–H and O–H groups in total. The Balaban J connectivity index is 2.07. The molecule has 0 aromatic heterocycles. The van der Waals surface area contributed by atoms with Crippen molar-refractivity contribution in [1.29, 1.82) is 0 Å². The maximum absolute atomic E-state index is 12.9. The molecule has 0 bridgehead atoms. The molecule has 0 radical (unpaired) electrons.